The van der Waals surface area contributed by atoms with Crippen molar-refractivity contribution in [3.8, 4) is 0 Å². The van der Waals surface area contributed by atoms with Gasteiger partial charge in [-0.2, -0.15) is 0 Å². The molecule has 1 amide bonds. The van der Waals surface area contributed by atoms with Crippen LogP contribution < -0.4 is 0 Å². The van der Waals surface area contributed by atoms with Crippen LogP contribution in [0.2, 0.25) is 0 Å². The van der Waals surface area contributed by atoms with Crippen molar-refractivity contribution < 1.29 is 19.8 Å². The van der Waals surface area contributed by atoms with Gasteiger partial charge in [0, 0.05) is 19.6 Å². The Kier molecular flexibility index (Phi) is 5.76. The standard InChI is InChI=1S/C21H24N2O4/c24-19(25)21(13-7-8-14-23(21)20(26)27)22(15-17-9-3-1-4-10-17)16-18-11-5-2-6-12-18/h1-6,9-12H,7-8,13-16H2,(H,24,25)(H,26,27). The van der Waals surface area contributed by atoms with Crippen LogP contribution in [0.1, 0.15) is 30.4 Å². The summed E-state index contributed by atoms with van der Waals surface area (Å²) in [7, 11) is 0. The number of carbonyl (C=O) groups is 2. The Bertz CT molecular complexity index is 740. The lowest BCUT2D eigenvalue weighted by atomic mass is 9.92. The number of piperidine rings is 1. The number of carboxylic acid groups (broad SMARTS) is 2. The van der Waals surface area contributed by atoms with Gasteiger partial charge in [0.1, 0.15) is 0 Å². The van der Waals surface area contributed by atoms with E-state index in [9.17, 15) is 19.8 Å². The molecule has 1 aliphatic heterocycles. The van der Waals surface area contributed by atoms with E-state index in [-0.39, 0.29) is 13.0 Å². The zero-order valence-electron chi connectivity index (χ0n) is 15.1. The normalized spacial score (nSPS) is 19.8. The monoisotopic (exact) mass is 368 g/mol. The van der Waals surface area contributed by atoms with Crippen molar-refractivity contribution in [3.05, 3.63) is 71.8 Å². The van der Waals surface area contributed by atoms with E-state index >= 15 is 0 Å². The average Bonchev–Trinajstić information content (AvgIpc) is 2.68. The molecule has 1 saturated heterocycles. The van der Waals surface area contributed by atoms with Crippen LogP contribution in [0.25, 0.3) is 0 Å². The van der Waals surface area contributed by atoms with Gasteiger partial charge in [0.25, 0.3) is 0 Å². The van der Waals surface area contributed by atoms with Crippen molar-refractivity contribution in [1.82, 2.24) is 9.80 Å². The minimum Gasteiger partial charge on any atom is -0.478 e. The molecular weight excluding hydrogens is 344 g/mol. The minimum atomic E-state index is -1.57. The summed E-state index contributed by atoms with van der Waals surface area (Å²) < 4.78 is 0. The van der Waals surface area contributed by atoms with Gasteiger partial charge in [0.15, 0.2) is 5.66 Å². The number of carboxylic acids is 1. The summed E-state index contributed by atoms with van der Waals surface area (Å²) in [5, 5.41) is 19.9. The fourth-order valence-electron chi connectivity index (χ4n) is 3.83. The van der Waals surface area contributed by atoms with Crippen molar-refractivity contribution in [2.45, 2.75) is 38.0 Å². The van der Waals surface area contributed by atoms with Gasteiger partial charge in [-0.1, -0.05) is 60.7 Å². The molecule has 6 heteroatoms. The molecule has 1 heterocycles. The molecule has 0 spiro atoms. The van der Waals surface area contributed by atoms with E-state index < -0.39 is 17.7 Å². The SMILES string of the molecule is O=C(O)N1CCCCC1(C(=O)O)N(Cc1ccccc1)Cc1ccccc1. The fourth-order valence-corrected chi connectivity index (χ4v) is 3.83. The summed E-state index contributed by atoms with van der Waals surface area (Å²) in [6, 6.07) is 19.1. The first-order valence-electron chi connectivity index (χ1n) is 9.11. The van der Waals surface area contributed by atoms with Crippen LogP contribution >= 0.6 is 0 Å². The number of nitrogens with zero attached hydrogens (tertiary/aromatic N) is 2. The molecule has 0 aromatic heterocycles. The number of amides is 1. The third kappa shape index (κ3) is 3.95. The lowest BCUT2D eigenvalue weighted by molar-refractivity contribution is -0.172. The van der Waals surface area contributed by atoms with Gasteiger partial charge in [-0.15, -0.1) is 0 Å². The molecule has 1 aliphatic rings. The summed E-state index contributed by atoms with van der Waals surface area (Å²) in [6.45, 7) is 0.930. The van der Waals surface area contributed by atoms with Gasteiger partial charge in [-0.3, -0.25) is 9.80 Å². The van der Waals surface area contributed by atoms with Crippen molar-refractivity contribution in [3.63, 3.8) is 0 Å². The molecule has 0 aliphatic carbocycles. The van der Waals surface area contributed by atoms with E-state index in [1.807, 2.05) is 60.7 Å². The van der Waals surface area contributed by atoms with Crippen LogP contribution in [0.5, 0.6) is 0 Å². The van der Waals surface area contributed by atoms with Crippen LogP contribution in [0.15, 0.2) is 60.7 Å². The van der Waals surface area contributed by atoms with Gasteiger partial charge in [0.2, 0.25) is 0 Å². The first-order valence-corrected chi connectivity index (χ1v) is 9.11. The van der Waals surface area contributed by atoms with Crippen LogP contribution in [0.3, 0.4) is 0 Å². The summed E-state index contributed by atoms with van der Waals surface area (Å²) in [6.07, 6.45) is 0.430. The fraction of sp³-hybridized carbons (Fsp3) is 0.333. The second-order valence-electron chi connectivity index (χ2n) is 6.84. The predicted molar refractivity (Wildman–Crippen MR) is 101 cm³/mol. The van der Waals surface area contributed by atoms with E-state index in [0.29, 0.717) is 25.9 Å². The number of rotatable bonds is 6. The highest BCUT2D eigenvalue weighted by Crippen LogP contribution is 2.35. The number of hydrogen-bond donors (Lipinski definition) is 2. The van der Waals surface area contributed by atoms with Crippen LogP contribution in [0.4, 0.5) is 4.79 Å². The van der Waals surface area contributed by atoms with Crippen LogP contribution in [-0.4, -0.2) is 44.3 Å². The number of hydrogen-bond acceptors (Lipinski definition) is 3. The Morgan fingerprint density at radius 2 is 1.41 bits per heavy atom. The maximum Gasteiger partial charge on any atom is 0.409 e. The molecule has 2 aromatic carbocycles. The molecule has 27 heavy (non-hydrogen) atoms. The zero-order chi connectivity index (χ0) is 19.3. The van der Waals surface area contributed by atoms with Gasteiger partial charge in [-0.05, 0) is 30.4 Å². The van der Waals surface area contributed by atoms with Crippen molar-refractivity contribution in [1.29, 1.82) is 0 Å². The molecule has 1 unspecified atom stereocenters. The largest absolute Gasteiger partial charge is 0.478 e. The van der Waals surface area contributed by atoms with E-state index in [0.717, 1.165) is 16.0 Å². The molecule has 0 radical (unpaired) electrons. The molecule has 6 nitrogen and oxygen atoms in total. The van der Waals surface area contributed by atoms with E-state index in [4.69, 9.17) is 0 Å². The van der Waals surface area contributed by atoms with E-state index in [2.05, 4.69) is 0 Å². The number of likely N-dealkylation sites (tertiary alicyclic amines) is 1. The summed E-state index contributed by atoms with van der Waals surface area (Å²) >= 11 is 0. The Morgan fingerprint density at radius 3 is 1.85 bits per heavy atom. The molecular formula is C21H24N2O4. The Balaban J connectivity index is 2.04. The van der Waals surface area contributed by atoms with Crippen molar-refractivity contribution in [2.75, 3.05) is 6.54 Å². The molecule has 0 bridgehead atoms. The Hall–Kier alpha value is -2.86. The zero-order valence-corrected chi connectivity index (χ0v) is 15.1. The number of benzene rings is 2. The first-order chi connectivity index (χ1) is 13.0. The molecule has 2 aromatic rings. The minimum absolute atomic E-state index is 0.224. The molecule has 1 fully saturated rings. The van der Waals surface area contributed by atoms with Crippen LogP contribution in [-0.2, 0) is 17.9 Å². The lowest BCUT2D eigenvalue weighted by Crippen LogP contribution is -2.67. The van der Waals surface area contributed by atoms with E-state index in [1.54, 1.807) is 4.90 Å². The highest BCUT2D eigenvalue weighted by Gasteiger charge is 2.52. The van der Waals surface area contributed by atoms with E-state index in [1.165, 1.54) is 0 Å². The number of aliphatic carboxylic acids is 1. The van der Waals surface area contributed by atoms with Gasteiger partial charge >= 0.3 is 12.1 Å². The van der Waals surface area contributed by atoms with Crippen molar-refractivity contribution >= 4 is 12.1 Å². The molecule has 1 atom stereocenters. The smallest absolute Gasteiger partial charge is 0.409 e. The van der Waals surface area contributed by atoms with Crippen LogP contribution in [0, 0.1) is 0 Å². The average molecular weight is 368 g/mol. The summed E-state index contributed by atoms with van der Waals surface area (Å²) in [5.41, 5.74) is 0.324. The highest BCUT2D eigenvalue weighted by atomic mass is 16.4. The van der Waals surface area contributed by atoms with Gasteiger partial charge < -0.3 is 10.2 Å². The lowest BCUT2D eigenvalue weighted by Gasteiger charge is -2.49. The quantitative estimate of drug-likeness (QED) is 0.814. The topological polar surface area (TPSA) is 81.1 Å². The maximum atomic E-state index is 12.5. The predicted octanol–water partition coefficient (Wildman–Crippen LogP) is 3.63. The first kappa shape index (κ1) is 18.9. The molecule has 0 saturated carbocycles. The summed E-state index contributed by atoms with van der Waals surface area (Å²) in [5.74, 6) is -1.11. The van der Waals surface area contributed by atoms with Crippen molar-refractivity contribution in [2.24, 2.45) is 0 Å². The second kappa shape index (κ2) is 8.22. The molecule has 2 N–H and O–H groups in total. The van der Waals surface area contributed by atoms with Gasteiger partial charge in [-0.25, -0.2) is 9.59 Å². The third-order valence-corrected chi connectivity index (χ3v) is 5.13. The summed E-state index contributed by atoms with van der Waals surface area (Å²) in [4.78, 5) is 27.3. The second-order valence-corrected chi connectivity index (χ2v) is 6.84. The molecule has 142 valence electrons. The van der Waals surface area contributed by atoms with Gasteiger partial charge in [0.05, 0.1) is 0 Å². The molecule has 3 rings (SSSR count). The Labute approximate surface area is 158 Å². The highest BCUT2D eigenvalue weighted by molar-refractivity contribution is 5.83. The Morgan fingerprint density at radius 1 is 0.889 bits per heavy atom. The maximum absolute atomic E-state index is 12.5. The third-order valence-electron chi connectivity index (χ3n) is 5.13.